The van der Waals surface area contributed by atoms with Crippen molar-refractivity contribution in [1.29, 1.82) is 0 Å². The molecule has 2 heterocycles. The van der Waals surface area contributed by atoms with E-state index in [1.807, 2.05) is 53.4 Å². The van der Waals surface area contributed by atoms with Crippen molar-refractivity contribution in [1.82, 2.24) is 4.90 Å². The number of piperazine rings is 1. The molecule has 1 N–H and O–H groups in total. The third kappa shape index (κ3) is 5.68. The minimum atomic E-state index is -0.754. The molecule has 190 valence electrons. The van der Waals surface area contributed by atoms with E-state index in [1.54, 1.807) is 31.2 Å². The molecule has 1 fully saturated rings. The average molecular weight is 538 g/mol. The molecule has 0 radical (unpaired) electrons. The lowest BCUT2D eigenvalue weighted by Crippen LogP contribution is -2.48. The first kappa shape index (κ1) is 25.0. The highest BCUT2D eigenvalue weighted by molar-refractivity contribution is 6.35. The summed E-state index contributed by atoms with van der Waals surface area (Å²) in [5, 5.41) is 4.62. The first-order chi connectivity index (χ1) is 17.9. The highest BCUT2D eigenvalue weighted by Gasteiger charge is 2.25. The summed E-state index contributed by atoms with van der Waals surface area (Å²) in [4.78, 5) is 29.5. The van der Waals surface area contributed by atoms with E-state index >= 15 is 0 Å². The topological polar surface area (TPSA) is 75.0 Å². The Kier molecular flexibility index (Phi) is 7.26. The maximum Gasteiger partial charge on any atom is 0.289 e. The molecule has 1 aliphatic heterocycles. The van der Waals surface area contributed by atoms with Crippen LogP contribution in [0.15, 0.2) is 77.2 Å². The summed E-state index contributed by atoms with van der Waals surface area (Å²) in [6.45, 7) is 4.24. The number of para-hydroxylation sites is 1. The van der Waals surface area contributed by atoms with Crippen molar-refractivity contribution in [2.24, 2.45) is 0 Å². The fraction of sp³-hybridized carbons (Fsp3) is 0.214. The SMILES string of the molecule is C[C@H](Oc1ccc(Cl)cc1Cl)C(=O)Nc1ccc(N2CCN(C(=O)c3cc4ccccc4o3)CC2)cc1. The number of benzene rings is 3. The van der Waals surface area contributed by atoms with E-state index in [1.165, 1.54) is 0 Å². The standard InChI is InChI=1S/C28H25Cl2N3O4/c1-18(36-25-11-6-20(29)17-23(25)30)27(34)31-21-7-9-22(10-8-21)32-12-14-33(15-13-32)28(35)26-16-19-4-2-3-5-24(19)37-26/h2-11,16-18H,12-15H2,1H3,(H,31,34)/t18-/m0/s1. The number of furan rings is 1. The Morgan fingerprint density at radius 3 is 2.38 bits per heavy atom. The number of ether oxygens (including phenoxy) is 1. The molecular weight excluding hydrogens is 513 g/mol. The van der Waals surface area contributed by atoms with Gasteiger partial charge in [0.2, 0.25) is 0 Å². The van der Waals surface area contributed by atoms with E-state index in [-0.39, 0.29) is 11.8 Å². The van der Waals surface area contributed by atoms with Gasteiger partial charge in [-0.05, 0) is 61.5 Å². The third-order valence-corrected chi connectivity index (χ3v) is 6.80. The normalized spacial score (nSPS) is 14.5. The molecule has 2 amide bonds. The molecule has 0 bridgehead atoms. The van der Waals surface area contributed by atoms with Gasteiger partial charge in [-0.1, -0.05) is 41.4 Å². The molecule has 37 heavy (non-hydrogen) atoms. The fourth-order valence-electron chi connectivity index (χ4n) is 4.23. The number of anilines is 2. The smallest absolute Gasteiger partial charge is 0.289 e. The van der Waals surface area contributed by atoms with Gasteiger partial charge in [0.25, 0.3) is 11.8 Å². The number of hydrogen-bond acceptors (Lipinski definition) is 5. The lowest BCUT2D eigenvalue weighted by molar-refractivity contribution is -0.122. The molecule has 7 nitrogen and oxygen atoms in total. The summed E-state index contributed by atoms with van der Waals surface area (Å²) in [5.74, 6) is 0.370. The van der Waals surface area contributed by atoms with Gasteiger partial charge in [-0.15, -0.1) is 0 Å². The van der Waals surface area contributed by atoms with Gasteiger partial charge in [0, 0.05) is 48.0 Å². The summed E-state index contributed by atoms with van der Waals surface area (Å²) in [7, 11) is 0. The Balaban J connectivity index is 1.14. The van der Waals surface area contributed by atoms with Gasteiger partial charge in [0.1, 0.15) is 11.3 Å². The highest BCUT2D eigenvalue weighted by Crippen LogP contribution is 2.29. The Bertz CT molecular complexity index is 1400. The van der Waals surface area contributed by atoms with Gasteiger partial charge < -0.3 is 24.3 Å². The van der Waals surface area contributed by atoms with Gasteiger partial charge in [-0.25, -0.2) is 0 Å². The number of fused-ring (bicyclic) bond motifs is 1. The number of amides is 2. The van der Waals surface area contributed by atoms with Gasteiger partial charge in [-0.2, -0.15) is 0 Å². The van der Waals surface area contributed by atoms with Crippen molar-refractivity contribution in [2.75, 3.05) is 36.4 Å². The number of carbonyl (C=O) groups excluding carboxylic acids is 2. The van der Waals surface area contributed by atoms with Crippen molar-refractivity contribution in [3.05, 3.63) is 88.6 Å². The molecule has 3 aromatic carbocycles. The number of nitrogens with zero attached hydrogens (tertiary/aromatic N) is 2. The predicted molar refractivity (Wildman–Crippen MR) is 146 cm³/mol. The van der Waals surface area contributed by atoms with Crippen molar-refractivity contribution in [3.63, 3.8) is 0 Å². The minimum Gasteiger partial charge on any atom is -0.479 e. The summed E-state index contributed by atoms with van der Waals surface area (Å²) >= 11 is 12.0. The lowest BCUT2D eigenvalue weighted by atomic mass is 10.2. The van der Waals surface area contributed by atoms with E-state index in [2.05, 4.69) is 10.2 Å². The van der Waals surface area contributed by atoms with Crippen molar-refractivity contribution in [3.8, 4) is 5.75 Å². The number of rotatable bonds is 6. The molecule has 0 aliphatic carbocycles. The summed E-state index contributed by atoms with van der Waals surface area (Å²) in [5.41, 5.74) is 2.39. The van der Waals surface area contributed by atoms with Gasteiger partial charge >= 0.3 is 0 Å². The number of hydrogen-bond donors (Lipinski definition) is 1. The lowest BCUT2D eigenvalue weighted by Gasteiger charge is -2.35. The maximum atomic E-state index is 12.9. The van der Waals surface area contributed by atoms with Crippen LogP contribution < -0.4 is 15.0 Å². The van der Waals surface area contributed by atoms with E-state index in [0.29, 0.717) is 59.0 Å². The largest absolute Gasteiger partial charge is 0.479 e. The van der Waals surface area contributed by atoms with Crippen LogP contribution in [0.25, 0.3) is 11.0 Å². The molecule has 4 aromatic rings. The van der Waals surface area contributed by atoms with Crippen LogP contribution in [0.3, 0.4) is 0 Å². The van der Waals surface area contributed by atoms with E-state index < -0.39 is 6.10 Å². The van der Waals surface area contributed by atoms with Crippen LogP contribution in [0.2, 0.25) is 10.0 Å². The molecule has 1 atom stereocenters. The van der Waals surface area contributed by atoms with Crippen LogP contribution in [-0.2, 0) is 4.79 Å². The first-order valence-corrected chi connectivity index (χ1v) is 12.7. The number of nitrogens with one attached hydrogen (secondary N) is 1. The van der Waals surface area contributed by atoms with E-state index in [0.717, 1.165) is 11.1 Å². The molecule has 0 saturated carbocycles. The van der Waals surface area contributed by atoms with Crippen LogP contribution in [0.1, 0.15) is 17.5 Å². The van der Waals surface area contributed by atoms with Crippen molar-refractivity contribution >= 4 is 57.4 Å². The first-order valence-electron chi connectivity index (χ1n) is 11.9. The molecule has 1 aliphatic rings. The van der Waals surface area contributed by atoms with Crippen molar-refractivity contribution < 1.29 is 18.7 Å². The van der Waals surface area contributed by atoms with E-state index in [9.17, 15) is 9.59 Å². The van der Waals surface area contributed by atoms with Crippen LogP contribution in [0, 0.1) is 0 Å². The molecule has 5 rings (SSSR count). The number of carbonyl (C=O) groups is 2. The fourth-order valence-corrected chi connectivity index (χ4v) is 4.68. The molecule has 0 spiro atoms. The van der Waals surface area contributed by atoms with Crippen LogP contribution in [0.4, 0.5) is 11.4 Å². The highest BCUT2D eigenvalue weighted by atomic mass is 35.5. The quantitative estimate of drug-likeness (QED) is 0.321. The zero-order valence-corrected chi connectivity index (χ0v) is 21.6. The van der Waals surface area contributed by atoms with Gasteiger partial charge in [0.15, 0.2) is 11.9 Å². The summed E-state index contributed by atoms with van der Waals surface area (Å²) in [6, 6.07) is 21.9. The van der Waals surface area contributed by atoms with Gasteiger partial charge in [-0.3, -0.25) is 9.59 Å². The van der Waals surface area contributed by atoms with Crippen LogP contribution in [0.5, 0.6) is 5.75 Å². The van der Waals surface area contributed by atoms with Crippen molar-refractivity contribution in [2.45, 2.75) is 13.0 Å². The minimum absolute atomic E-state index is 0.0925. The second-order valence-corrected chi connectivity index (χ2v) is 9.64. The Hall–Kier alpha value is -3.68. The van der Waals surface area contributed by atoms with Crippen LogP contribution in [-0.4, -0.2) is 49.0 Å². The third-order valence-electron chi connectivity index (χ3n) is 6.27. The van der Waals surface area contributed by atoms with Crippen LogP contribution >= 0.6 is 23.2 Å². The molecule has 9 heteroatoms. The molecule has 0 unspecified atom stereocenters. The van der Waals surface area contributed by atoms with E-state index in [4.69, 9.17) is 32.4 Å². The Labute approximate surface area is 224 Å². The molecule has 1 saturated heterocycles. The summed E-state index contributed by atoms with van der Waals surface area (Å²) in [6.07, 6.45) is -0.754. The second kappa shape index (κ2) is 10.7. The zero-order valence-electron chi connectivity index (χ0n) is 20.1. The molecular formula is C28H25Cl2N3O4. The zero-order chi connectivity index (χ0) is 25.9. The monoisotopic (exact) mass is 537 g/mol. The summed E-state index contributed by atoms with van der Waals surface area (Å²) < 4.78 is 11.4. The Morgan fingerprint density at radius 1 is 0.946 bits per heavy atom. The van der Waals surface area contributed by atoms with Gasteiger partial charge in [0.05, 0.1) is 5.02 Å². The maximum absolute atomic E-state index is 12.9. The second-order valence-electron chi connectivity index (χ2n) is 8.80. The average Bonchev–Trinajstić information content (AvgIpc) is 3.35. The number of halogens is 2. The molecule has 1 aromatic heterocycles. The Morgan fingerprint density at radius 2 is 1.68 bits per heavy atom. The predicted octanol–water partition coefficient (Wildman–Crippen LogP) is 6.11.